The Morgan fingerprint density at radius 2 is 1.19 bits per heavy atom. The van der Waals surface area contributed by atoms with Crippen LogP contribution in [-0.2, 0) is 27.2 Å². The van der Waals surface area contributed by atoms with Crippen molar-refractivity contribution >= 4 is 15.2 Å². The van der Waals surface area contributed by atoms with Gasteiger partial charge in [0.05, 0.1) is 26.4 Å². The van der Waals surface area contributed by atoms with E-state index in [9.17, 15) is 9.13 Å². The minimum Gasteiger partial charge on any atom is -0.307 e. The number of rotatable bonds is 2. The molecule has 0 atom stereocenters. The molecule has 0 unspecified atom stereocenters. The Morgan fingerprint density at radius 3 is 1.57 bits per heavy atom. The fourth-order valence-corrected chi connectivity index (χ4v) is 7.20. The molecule has 21 heavy (non-hydrogen) atoms. The third-order valence-electron chi connectivity index (χ3n) is 3.72. The molecule has 0 aromatic rings. The van der Waals surface area contributed by atoms with Crippen LogP contribution >= 0.6 is 15.2 Å². The van der Waals surface area contributed by atoms with E-state index in [1.165, 1.54) is 13.8 Å². The second kappa shape index (κ2) is 5.15. The van der Waals surface area contributed by atoms with Crippen LogP contribution in [0.15, 0.2) is 0 Å². The van der Waals surface area contributed by atoms with E-state index in [4.69, 9.17) is 25.0 Å². The molecule has 0 amide bonds. The highest BCUT2D eigenvalue weighted by Crippen LogP contribution is 2.79. The van der Waals surface area contributed by atoms with Gasteiger partial charge in [-0.15, -0.1) is 0 Å². The first-order valence-corrected chi connectivity index (χ1v) is 9.99. The van der Waals surface area contributed by atoms with E-state index >= 15 is 0 Å². The zero-order valence-electron chi connectivity index (χ0n) is 13.2. The minimum absolute atomic E-state index is 0.0687. The van der Waals surface area contributed by atoms with Crippen LogP contribution in [0.3, 0.4) is 0 Å². The first kappa shape index (κ1) is 17.7. The van der Waals surface area contributed by atoms with Crippen molar-refractivity contribution in [1.82, 2.24) is 0 Å². The maximum atomic E-state index is 13.0. The van der Waals surface area contributed by atoms with Gasteiger partial charge in [-0.3, -0.25) is 9.13 Å². The van der Waals surface area contributed by atoms with Crippen LogP contribution in [0.4, 0.5) is 0 Å². The molecule has 2 saturated heterocycles. The topological polar surface area (TPSA) is 71.1 Å². The Bertz CT molecular complexity index is 439. The Labute approximate surface area is 126 Å². The van der Waals surface area contributed by atoms with Crippen LogP contribution in [0, 0.1) is 17.8 Å². The molecular formula is C13H24O6P2. The van der Waals surface area contributed by atoms with E-state index in [2.05, 4.69) is 0 Å². The summed E-state index contributed by atoms with van der Waals surface area (Å²) in [6, 6.07) is 0. The molecule has 0 saturated carbocycles. The van der Waals surface area contributed by atoms with Crippen LogP contribution in [0.1, 0.15) is 34.6 Å². The highest BCUT2D eigenvalue weighted by Gasteiger charge is 2.62. The van der Waals surface area contributed by atoms with Gasteiger partial charge in [-0.25, -0.2) is 0 Å². The third kappa shape index (κ3) is 3.17. The summed E-state index contributed by atoms with van der Waals surface area (Å²) in [4.78, 5) is -1.38. The summed E-state index contributed by atoms with van der Waals surface area (Å²) in [6.07, 6.45) is 0. The predicted octanol–water partition coefficient (Wildman–Crippen LogP) is 3.95. The second-order valence-corrected chi connectivity index (χ2v) is 13.0. The highest BCUT2D eigenvalue weighted by molar-refractivity contribution is 7.74. The normalized spacial score (nSPS) is 30.8. The standard InChI is InChI=1S/C13H24O6P2/c1-11(2)7-16-20(14,17-8-11)13(5,6)21(15)18-9-12(3,4)10-19-21/h1H,7-10H2,2-6H3. The molecule has 2 radical (unpaired) electrons. The molecule has 2 rings (SSSR count). The van der Waals surface area contributed by atoms with Gasteiger partial charge in [0.2, 0.25) is 0 Å². The fraction of sp³-hybridized carbons (Fsp3) is 0.923. The average Bonchev–Trinajstić information content (AvgIpc) is 2.37. The van der Waals surface area contributed by atoms with Gasteiger partial charge >= 0.3 is 15.2 Å². The quantitative estimate of drug-likeness (QED) is 0.710. The van der Waals surface area contributed by atoms with Crippen molar-refractivity contribution in [3.05, 3.63) is 6.92 Å². The summed E-state index contributed by atoms with van der Waals surface area (Å²) in [7, 11) is -7.29. The molecular weight excluding hydrogens is 314 g/mol. The van der Waals surface area contributed by atoms with Crippen LogP contribution < -0.4 is 0 Å². The van der Waals surface area contributed by atoms with Crippen molar-refractivity contribution in [1.29, 1.82) is 0 Å². The average molecular weight is 338 g/mol. The molecule has 0 aromatic heterocycles. The lowest BCUT2D eigenvalue weighted by atomic mass is 9.97. The largest absolute Gasteiger partial charge is 0.348 e. The molecule has 2 aliphatic rings. The van der Waals surface area contributed by atoms with Crippen LogP contribution in [0.25, 0.3) is 0 Å². The number of hydrogen-bond acceptors (Lipinski definition) is 6. The zero-order valence-corrected chi connectivity index (χ0v) is 15.0. The summed E-state index contributed by atoms with van der Waals surface area (Å²) in [5, 5.41) is 0. The van der Waals surface area contributed by atoms with Crippen LogP contribution in [-0.4, -0.2) is 31.3 Å². The van der Waals surface area contributed by atoms with Crippen molar-refractivity contribution in [2.24, 2.45) is 10.8 Å². The number of hydrogen-bond donors (Lipinski definition) is 0. The second-order valence-electron chi connectivity index (χ2n) is 7.40. The van der Waals surface area contributed by atoms with E-state index in [0.717, 1.165) is 0 Å². The maximum absolute atomic E-state index is 13.0. The Hall–Kier alpha value is 0.300. The van der Waals surface area contributed by atoms with Crippen molar-refractivity contribution < 1.29 is 27.2 Å². The van der Waals surface area contributed by atoms with Gasteiger partial charge in [0.25, 0.3) is 0 Å². The highest BCUT2D eigenvalue weighted by atomic mass is 31.2. The van der Waals surface area contributed by atoms with Gasteiger partial charge in [0, 0.05) is 10.8 Å². The summed E-state index contributed by atoms with van der Waals surface area (Å²) >= 11 is 0. The maximum Gasteiger partial charge on any atom is 0.348 e. The Kier molecular flexibility index (Phi) is 4.33. The van der Waals surface area contributed by atoms with Crippen molar-refractivity contribution in [2.45, 2.75) is 39.5 Å². The van der Waals surface area contributed by atoms with Gasteiger partial charge < -0.3 is 18.1 Å². The van der Waals surface area contributed by atoms with Gasteiger partial charge in [-0.05, 0) is 20.8 Å². The van der Waals surface area contributed by atoms with E-state index < -0.39 is 25.5 Å². The molecule has 2 fully saturated rings. The molecule has 0 N–H and O–H groups in total. The van der Waals surface area contributed by atoms with E-state index in [0.29, 0.717) is 0 Å². The molecule has 2 aliphatic heterocycles. The zero-order chi connectivity index (χ0) is 16.2. The SMILES string of the molecule is [CH]C1(C)COP(=O)(C(C)(C)P2(=O)OCC(C)(C)CO2)OC1. The molecule has 6 nitrogen and oxygen atoms in total. The smallest absolute Gasteiger partial charge is 0.307 e. The van der Waals surface area contributed by atoms with Gasteiger partial charge in [-0.1, -0.05) is 20.8 Å². The van der Waals surface area contributed by atoms with E-state index in [1.54, 1.807) is 6.92 Å². The molecule has 122 valence electrons. The van der Waals surface area contributed by atoms with Crippen LogP contribution in [0.5, 0.6) is 0 Å². The molecule has 0 aromatic carbocycles. The summed E-state index contributed by atoms with van der Waals surface area (Å²) in [6.45, 7) is 15.2. The Morgan fingerprint density at radius 1 is 0.857 bits per heavy atom. The monoisotopic (exact) mass is 338 g/mol. The van der Waals surface area contributed by atoms with E-state index in [-0.39, 0.29) is 31.8 Å². The predicted molar refractivity (Wildman–Crippen MR) is 79.3 cm³/mol. The van der Waals surface area contributed by atoms with Crippen molar-refractivity contribution in [2.75, 3.05) is 26.4 Å². The lowest BCUT2D eigenvalue weighted by molar-refractivity contribution is 0.0274. The van der Waals surface area contributed by atoms with Crippen molar-refractivity contribution in [3.63, 3.8) is 0 Å². The Balaban J connectivity index is 2.22. The van der Waals surface area contributed by atoms with Gasteiger partial charge in [0.1, 0.15) is 0 Å². The first-order valence-electron chi connectivity index (χ1n) is 6.90. The molecule has 0 bridgehead atoms. The lowest BCUT2D eigenvalue weighted by Gasteiger charge is -2.45. The lowest BCUT2D eigenvalue weighted by Crippen LogP contribution is -2.39. The first-order chi connectivity index (χ1) is 9.33. The summed E-state index contributed by atoms with van der Waals surface area (Å²) in [5.41, 5.74) is -0.947. The minimum atomic E-state index is -3.67. The molecule has 2 heterocycles. The summed E-state index contributed by atoms with van der Waals surface area (Å²) < 4.78 is 47.7. The van der Waals surface area contributed by atoms with E-state index in [1.807, 2.05) is 13.8 Å². The van der Waals surface area contributed by atoms with Gasteiger partial charge in [0.15, 0.2) is 4.90 Å². The molecule has 0 spiro atoms. The van der Waals surface area contributed by atoms with Gasteiger partial charge in [-0.2, -0.15) is 0 Å². The third-order valence-corrected chi connectivity index (χ3v) is 9.75. The molecule has 0 aliphatic carbocycles. The fourth-order valence-electron chi connectivity index (χ4n) is 1.92. The van der Waals surface area contributed by atoms with Crippen molar-refractivity contribution in [3.8, 4) is 0 Å². The van der Waals surface area contributed by atoms with Crippen LogP contribution in [0.2, 0.25) is 0 Å². The summed E-state index contributed by atoms with van der Waals surface area (Å²) in [5.74, 6) is 0. The molecule has 8 heteroatoms.